The lowest BCUT2D eigenvalue weighted by Crippen LogP contribution is -2.32. The van der Waals surface area contributed by atoms with Crippen molar-refractivity contribution in [2.75, 3.05) is 6.61 Å². The van der Waals surface area contributed by atoms with E-state index in [4.69, 9.17) is 4.74 Å². The third-order valence-electron chi connectivity index (χ3n) is 3.60. The third kappa shape index (κ3) is 4.20. The monoisotopic (exact) mass is 388 g/mol. The zero-order valence-electron chi connectivity index (χ0n) is 12.9. The van der Waals surface area contributed by atoms with E-state index < -0.39 is 38.9 Å². The van der Waals surface area contributed by atoms with E-state index >= 15 is 0 Å². The number of sulfonamides is 1. The summed E-state index contributed by atoms with van der Waals surface area (Å²) in [4.78, 5) is 16.2. The van der Waals surface area contributed by atoms with Crippen LogP contribution in [0.3, 0.4) is 0 Å². The Morgan fingerprint density at radius 3 is 2.72 bits per heavy atom. The van der Waals surface area contributed by atoms with Gasteiger partial charge in [0.25, 0.3) is 5.91 Å². The number of hydrogen-bond donors (Lipinski definition) is 1. The van der Waals surface area contributed by atoms with Gasteiger partial charge in [0.05, 0.1) is 0 Å². The van der Waals surface area contributed by atoms with Gasteiger partial charge in [0, 0.05) is 17.6 Å². The zero-order chi connectivity index (χ0) is 18.0. The summed E-state index contributed by atoms with van der Waals surface area (Å²) in [6.45, 7) is 0.619. The van der Waals surface area contributed by atoms with Crippen molar-refractivity contribution in [3.63, 3.8) is 0 Å². The molecule has 6 nitrogen and oxygen atoms in total. The van der Waals surface area contributed by atoms with Crippen LogP contribution in [-0.2, 0) is 20.5 Å². The van der Waals surface area contributed by atoms with Crippen molar-refractivity contribution < 1.29 is 26.7 Å². The van der Waals surface area contributed by atoms with Gasteiger partial charge in [-0.2, -0.15) is 0 Å². The molecule has 1 N–H and O–H groups in total. The molecular weight excluding hydrogens is 374 g/mol. The second-order valence-corrected chi connectivity index (χ2v) is 8.08. The largest absolute Gasteiger partial charge is 0.371 e. The molecule has 2 heterocycles. The van der Waals surface area contributed by atoms with Gasteiger partial charge >= 0.3 is 0 Å². The molecule has 1 aliphatic rings. The molecule has 1 amide bonds. The van der Waals surface area contributed by atoms with Crippen molar-refractivity contribution in [1.29, 1.82) is 0 Å². The van der Waals surface area contributed by atoms with Gasteiger partial charge in [0.2, 0.25) is 10.0 Å². The van der Waals surface area contributed by atoms with Gasteiger partial charge in [0.15, 0.2) is 0 Å². The second kappa shape index (κ2) is 7.14. The van der Waals surface area contributed by atoms with Crippen molar-refractivity contribution in [2.24, 2.45) is 0 Å². The molecule has 0 aliphatic carbocycles. The maximum atomic E-state index is 13.6. The van der Waals surface area contributed by atoms with Crippen LogP contribution in [0.4, 0.5) is 8.78 Å². The predicted molar refractivity (Wildman–Crippen MR) is 86.5 cm³/mol. The highest BCUT2D eigenvalue weighted by Gasteiger charge is 2.25. The normalized spacial score (nSPS) is 17.6. The molecule has 1 atom stereocenters. The Kier molecular flexibility index (Phi) is 5.11. The quantitative estimate of drug-likeness (QED) is 0.851. The highest BCUT2D eigenvalue weighted by molar-refractivity contribution is 7.89. The fourth-order valence-corrected chi connectivity index (χ4v) is 4.40. The SMILES string of the molecule is O=C(NS(=O)(=O)Cc1c(F)cccc1F)c1csc([C@@H]2CCCO2)n1. The number of nitrogens with one attached hydrogen (secondary N) is 1. The minimum Gasteiger partial charge on any atom is -0.371 e. The Hall–Kier alpha value is -1.91. The van der Waals surface area contributed by atoms with Gasteiger partial charge in [-0.05, 0) is 25.0 Å². The Bertz CT molecular complexity index is 872. The molecule has 134 valence electrons. The fourth-order valence-electron chi connectivity index (χ4n) is 2.40. The summed E-state index contributed by atoms with van der Waals surface area (Å²) in [6.07, 6.45) is 1.50. The van der Waals surface area contributed by atoms with E-state index in [9.17, 15) is 22.0 Å². The minimum atomic E-state index is -4.28. The molecule has 1 aromatic heterocycles. The highest BCUT2D eigenvalue weighted by Crippen LogP contribution is 2.30. The maximum absolute atomic E-state index is 13.6. The summed E-state index contributed by atoms with van der Waals surface area (Å²) in [5, 5.41) is 2.02. The number of benzene rings is 1. The number of aromatic nitrogens is 1. The summed E-state index contributed by atoms with van der Waals surface area (Å²) in [5.41, 5.74) is -0.700. The van der Waals surface area contributed by atoms with Gasteiger partial charge in [-0.25, -0.2) is 26.9 Å². The molecule has 0 bridgehead atoms. The van der Waals surface area contributed by atoms with Crippen LogP contribution < -0.4 is 4.72 Å². The lowest BCUT2D eigenvalue weighted by molar-refractivity contribution is 0.0973. The van der Waals surface area contributed by atoms with Gasteiger partial charge in [-0.1, -0.05) is 6.07 Å². The Labute approximate surface area is 146 Å². The molecule has 1 fully saturated rings. The lowest BCUT2D eigenvalue weighted by atomic mass is 10.2. The number of thiazole rings is 1. The molecule has 10 heteroatoms. The van der Waals surface area contributed by atoms with Gasteiger partial charge < -0.3 is 4.74 Å². The van der Waals surface area contributed by atoms with Crippen LogP contribution in [0, 0.1) is 11.6 Å². The van der Waals surface area contributed by atoms with Gasteiger partial charge in [-0.15, -0.1) is 11.3 Å². The maximum Gasteiger partial charge on any atom is 0.284 e. The predicted octanol–water partition coefficient (Wildman–Crippen LogP) is 2.53. The Morgan fingerprint density at radius 1 is 1.36 bits per heavy atom. The topological polar surface area (TPSA) is 85.4 Å². The summed E-state index contributed by atoms with van der Waals surface area (Å²) >= 11 is 1.20. The number of halogens is 2. The van der Waals surface area contributed by atoms with E-state index in [1.165, 1.54) is 16.7 Å². The minimum absolute atomic E-state index is 0.0759. The first-order valence-electron chi connectivity index (χ1n) is 7.40. The first-order chi connectivity index (χ1) is 11.9. The number of hydrogen-bond acceptors (Lipinski definition) is 6. The second-order valence-electron chi connectivity index (χ2n) is 5.46. The highest BCUT2D eigenvalue weighted by atomic mass is 32.2. The van der Waals surface area contributed by atoms with E-state index in [1.807, 2.05) is 0 Å². The van der Waals surface area contributed by atoms with E-state index in [2.05, 4.69) is 4.98 Å². The molecule has 0 saturated carbocycles. The van der Waals surface area contributed by atoms with E-state index in [0.717, 1.165) is 31.0 Å². The average molecular weight is 388 g/mol. The molecule has 0 unspecified atom stereocenters. The molecule has 0 spiro atoms. The van der Waals surface area contributed by atoms with E-state index in [1.54, 1.807) is 4.72 Å². The van der Waals surface area contributed by atoms with Crippen molar-refractivity contribution in [1.82, 2.24) is 9.71 Å². The van der Waals surface area contributed by atoms with Crippen molar-refractivity contribution >= 4 is 27.3 Å². The summed E-state index contributed by atoms with van der Waals surface area (Å²) in [5.74, 6) is -3.92. The van der Waals surface area contributed by atoms with Crippen LogP contribution in [0.2, 0.25) is 0 Å². The van der Waals surface area contributed by atoms with Crippen LogP contribution in [-0.4, -0.2) is 25.9 Å². The molecule has 3 rings (SSSR count). The summed E-state index contributed by atoms with van der Waals surface area (Å²) in [7, 11) is -4.28. The number of ether oxygens (including phenoxy) is 1. The summed E-state index contributed by atoms with van der Waals surface area (Å²) < 4.78 is 58.5. The Morgan fingerprint density at radius 2 is 2.08 bits per heavy atom. The van der Waals surface area contributed by atoms with Crippen molar-refractivity contribution in [2.45, 2.75) is 24.7 Å². The zero-order valence-corrected chi connectivity index (χ0v) is 14.5. The van der Waals surface area contributed by atoms with Gasteiger partial charge in [-0.3, -0.25) is 4.79 Å². The standard InChI is InChI=1S/C15H14F2N2O4S2/c16-10-3-1-4-11(17)9(10)8-25(21,22)19-14(20)12-7-24-15(18-12)13-5-2-6-23-13/h1,3-4,7,13H,2,5-6,8H2,(H,19,20)/t13-/m0/s1. The molecule has 1 saturated heterocycles. The third-order valence-corrected chi connectivity index (χ3v) is 5.71. The fraction of sp³-hybridized carbons (Fsp3) is 0.333. The van der Waals surface area contributed by atoms with Crippen LogP contribution in [0.5, 0.6) is 0 Å². The molecule has 2 aromatic rings. The van der Waals surface area contributed by atoms with Crippen LogP contribution >= 0.6 is 11.3 Å². The van der Waals surface area contributed by atoms with Crippen LogP contribution in [0.15, 0.2) is 23.6 Å². The number of nitrogens with zero attached hydrogens (tertiary/aromatic N) is 1. The molecule has 1 aromatic carbocycles. The Balaban J connectivity index is 1.71. The number of carbonyl (C=O) groups excluding carboxylic acids is 1. The molecule has 25 heavy (non-hydrogen) atoms. The molecule has 1 aliphatic heterocycles. The van der Waals surface area contributed by atoms with E-state index in [-0.39, 0.29) is 11.8 Å². The van der Waals surface area contributed by atoms with Crippen LogP contribution in [0.25, 0.3) is 0 Å². The lowest BCUT2D eigenvalue weighted by Gasteiger charge is -2.07. The van der Waals surface area contributed by atoms with Crippen molar-refractivity contribution in [3.05, 3.63) is 51.5 Å². The van der Waals surface area contributed by atoms with E-state index in [0.29, 0.717) is 11.6 Å². The smallest absolute Gasteiger partial charge is 0.284 e. The average Bonchev–Trinajstić information content (AvgIpc) is 3.21. The number of rotatable bonds is 5. The number of amides is 1. The molecule has 0 radical (unpaired) electrons. The van der Waals surface area contributed by atoms with Crippen molar-refractivity contribution in [3.8, 4) is 0 Å². The summed E-state index contributed by atoms with van der Waals surface area (Å²) in [6, 6.07) is 3.02. The first kappa shape index (κ1) is 17.9. The molecular formula is C15H14F2N2O4S2. The first-order valence-corrected chi connectivity index (χ1v) is 9.93. The van der Waals surface area contributed by atoms with Gasteiger partial charge in [0.1, 0.15) is 34.2 Å². The number of carbonyl (C=O) groups is 1. The van der Waals surface area contributed by atoms with Crippen LogP contribution in [0.1, 0.15) is 40.0 Å².